The topological polar surface area (TPSA) is 26.3 Å². The number of rotatable bonds is 3. The molecule has 2 nitrogen and oxygen atoms in total. The van der Waals surface area contributed by atoms with Crippen molar-refractivity contribution in [2.24, 2.45) is 0 Å². The minimum atomic E-state index is -0.317. The first kappa shape index (κ1) is 10.0. The Morgan fingerprint density at radius 2 is 2.33 bits per heavy atom. The van der Waals surface area contributed by atoms with Crippen molar-refractivity contribution < 1.29 is 9.53 Å². The van der Waals surface area contributed by atoms with Crippen molar-refractivity contribution in [3.8, 4) is 0 Å². The molecule has 0 amide bonds. The van der Waals surface area contributed by atoms with E-state index in [1.807, 2.05) is 13.8 Å². The van der Waals surface area contributed by atoms with Crippen molar-refractivity contribution in [3.63, 3.8) is 0 Å². The summed E-state index contributed by atoms with van der Waals surface area (Å²) in [4.78, 5) is 10.9. The van der Waals surface area contributed by atoms with E-state index in [1.165, 1.54) is 0 Å². The summed E-state index contributed by atoms with van der Waals surface area (Å²) in [6.07, 6.45) is 3.62. The molecule has 0 aromatic rings. The minimum Gasteiger partial charge on any atom is -0.452 e. The van der Waals surface area contributed by atoms with Crippen LogP contribution in [0.2, 0.25) is 0 Å². The highest BCUT2D eigenvalue weighted by atomic mass is 127. The van der Waals surface area contributed by atoms with Gasteiger partial charge in [0.2, 0.25) is 0 Å². The molecule has 1 aliphatic heterocycles. The van der Waals surface area contributed by atoms with Crippen LogP contribution in [0, 0.1) is 0 Å². The van der Waals surface area contributed by atoms with Gasteiger partial charge in [0.1, 0.15) is 5.60 Å². The Morgan fingerprint density at radius 1 is 1.67 bits per heavy atom. The maximum Gasteiger partial charge on any atom is 0.331 e. The average molecular weight is 280 g/mol. The van der Waals surface area contributed by atoms with Crippen molar-refractivity contribution in [1.82, 2.24) is 0 Å². The van der Waals surface area contributed by atoms with E-state index in [0.717, 1.165) is 22.8 Å². The van der Waals surface area contributed by atoms with Gasteiger partial charge < -0.3 is 4.74 Å². The molecule has 1 aliphatic rings. The summed E-state index contributed by atoms with van der Waals surface area (Å²) in [5, 5.41) is 0. The SMILES string of the molecule is CC1=CC(=O)OC1(C)CCCI. The maximum absolute atomic E-state index is 10.9. The minimum absolute atomic E-state index is 0.191. The van der Waals surface area contributed by atoms with Crippen LogP contribution in [0.3, 0.4) is 0 Å². The van der Waals surface area contributed by atoms with Gasteiger partial charge in [-0.1, -0.05) is 22.6 Å². The number of alkyl halides is 1. The summed E-state index contributed by atoms with van der Waals surface area (Å²) in [5.41, 5.74) is 0.736. The van der Waals surface area contributed by atoms with Crippen LogP contribution < -0.4 is 0 Å². The van der Waals surface area contributed by atoms with Crippen LogP contribution in [0.4, 0.5) is 0 Å². The van der Waals surface area contributed by atoms with E-state index < -0.39 is 0 Å². The highest BCUT2D eigenvalue weighted by Crippen LogP contribution is 2.31. The van der Waals surface area contributed by atoms with Crippen LogP contribution in [-0.2, 0) is 9.53 Å². The fourth-order valence-corrected chi connectivity index (χ4v) is 1.70. The van der Waals surface area contributed by atoms with Gasteiger partial charge in [-0.15, -0.1) is 0 Å². The standard InChI is InChI=1S/C9H13IO2/c1-7-6-8(11)12-9(7,2)4-3-5-10/h6H,3-5H2,1-2H3. The first-order chi connectivity index (χ1) is 5.58. The summed E-state index contributed by atoms with van der Waals surface area (Å²) in [7, 11) is 0. The van der Waals surface area contributed by atoms with Gasteiger partial charge in [0, 0.05) is 6.08 Å². The van der Waals surface area contributed by atoms with Gasteiger partial charge in [0.05, 0.1) is 0 Å². The molecular weight excluding hydrogens is 267 g/mol. The van der Waals surface area contributed by atoms with Crippen molar-refractivity contribution in [2.45, 2.75) is 32.3 Å². The molecule has 68 valence electrons. The number of esters is 1. The average Bonchev–Trinajstić information content (AvgIpc) is 2.23. The lowest BCUT2D eigenvalue weighted by Crippen LogP contribution is -2.27. The second kappa shape index (κ2) is 3.77. The smallest absolute Gasteiger partial charge is 0.331 e. The molecule has 0 aliphatic carbocycles. The number of carbonyl (C=O) groups excluding carboxylic acids is 1. The molecule has 0 saturated carbocycles. The van der Waals surface area contributed by atoms with E-state index in [2.05, 4.69) is 22.6 Å². The largest absolute Gasteiger partial charge is 0.452 e. The lowest BCUT2D eigenvalue weighted by Gasteiger charge is -2.24. The number of hydrogen-bond acceptors (Lipinski definition) is 2. The number of carbonyl (C=O) groups is 1. The molecule has 1 heterocycles. The molecule has 0 fully saturated rings. The highest BCUT2D eigenvalue weighted by Gasteiger charge is 2.35. The molecule has 12 heavy (non-hydrogen) atoms. The fourth-order valence-electron chi connectivity index (χ4n) is 1.31. The predicted molar refractivity (Wildman–Crippen MR) is 56.4 cm³/mol. The highest BCUT2D eigenvalue weighted by molar-refractivity contribution is 14.1. The first-order valence-corrected chi connectivity index (χ1v) is 5.59. The number of ether oxygens (including phenoxy) is 1. The lowest BCUT2D eigenvalue weighted by atomic mass is 9.93. The third-order valence-corrected chi connectivity index (χ3v) is 3.04. The molecule has 1 atom stereocenters. The quantitative estimate of drug-likeness (QED) is 0.451. The zero-order chi connectivity index (χ0) is 9.19. The van der Waals surface area contributed by atoms with E-state index >= 15 is 0 Å². The molecule has 0 N–H and O–H groups in total. The van der Waals surface area contributed by atoms with Gasteiger partial charge in [0.25, 0.3) is 0 Å². The predicted octanol–water partition coefficient (Wildman–Crippen LogP) is 2.46. The lowest BCUT2D eigenvalue weighted by molar-refractivity contribution is -0.145. The Labute approximate surface area is 86.5 Å². The summed E-state index contributed by atoms with van der Waals surface area (Å²) >= 11 is 2.33. The Kier molecular flexibility index (Phi) is 3.15. The zero-order valence-corrected chi connectivity index (χ0v) is 9.55. The molecule has 0 aromatic heterocycles. The van der Waals surface area contributed by atoms with E-state index in [9.17, 15) is 4.79 Å². The van der Waals surface area contributed by atoms with Crippen LogP contribution >= 0.6 is 22.6 Å². The molecular formula is C9H13IO2. The summed E-state index contributed by atoms with van der Waals surface area (Å²) in [6.45, 7) is 3.94. The zero-order valence-electron chi connectivity index (χ0n) is 7.39. The number of hydrogen-bond donors (Lipinski definition) is 0. The molecule has 3 heteroatoms. The fraction of sp³-hybridized carbons (Fsp3) is 0.667. The number of halogens is 1. The Hall–Kier alpha value is -0.0600. The van der Waals surface area contributed by atoms with E-state index in [-0.39, 0.29) is 11.6 Å². The second-order valence-corrected chi connectivity index (χ2v) is 4.35. The van der Waals surface area contributed by atoms with Gasteiger partial charge in [-0.3, -0.25) is 0 Å². The molecule has 0 radical (unpaired) electrons. The van der Waals surface area contributed by atoms with Crippen LogP contribution in [0.15, 0.2) is 11.6 Å². The third kappa shape index (κ3) is 2.00. The van der Waals surface area contributed by atoms with Gasteiger partial charge >= 0.3 is 5.97 Å². The van der Waals surface area contributed by atoms with Gasteiger partial charge in [-0.25, -0.2) is 4.79 Å². The second-order valence-electron chi connectivity index (χ2n) is 3.27. The molecule has 1 unspecified atom stereocenters. The van der Waals surface area contributed by atoms with E-state index in [1.54, 1.807) is 6.08 Å². The maximum atomic E-state index is 10.9. The molecule has 0 bridgehead atoms. The Morgan fingerprint density at radius 3 is 2.75 bits per heavy atom. The Bertz CT molecular complexity index is 223. The summed E-state index contributed by atoms with van der Waals surface area (Å²) < 4.78 is 6.34. The molecule has 1 rings (SSSR count). The third-order valence-electron chi connectivity index (χ3n) is 2.28. The van der Waals surface area contributed by atoms with Gasteiger partial charge in [-0.05, 0) is 36.7 Å². The first-order valence-electron chi connectivity index (χ1n) is 4.06. The van der Waals surface area contributed by atoms with Crippen LogP contribution in [0.25, 0.3) is 0 Å². The number of cyclic esters (lactones) is 1. The van der Waals surface area contributed by atoms with Crippen molar-refractivity contribution in [3.05, 3.63) is 11.6 Å². The van der Waals surface area contributed by atoms with Crippen LogP contribution in [-0.4, -0.2) is 16.0 Å². The van der Waals surface area contributed by atoms with Crippen LogP contribution in [0.1, 0.15) is 26.7 Å². The molecule has 0 aromatic carbocycles. The Balaban J connectivity index is 2.61. The van der Waals surface area contributed by atoms with Gasteiger partial charge in [0.15, 0.2) is 0 Å². The van der Waals surface area contributed by atoms with Gasteiger partial charge in [-0.2, -0.15) is 0 Å². The molecule has 0 saturated heterocycles. The monoisotopic (exact) mass is 280 g/mol. The molecule has 0 spiro atoms. The van der Waals surface area contributed by atoms with Crippen molar-refractivity contribution >= 4 is 28.6 Å². The van der Waals surface area contributed by atoms with E-state index in [0.29, 0.717) is 0 Å². The normalized spacial score (nSPS) is 28.6. The summed E-state index contributed by atoms with van der Waals surface area (Å²) in [6, 6.07) is 0. The van der Waals surface area contributed by atoms with E-state index in [4.69, 9.17) is 4.74 Å². The van der Waals surface area contributed by atoms with Crippen molar-refractivity contribution in [2.75, 3.05) is 4.43 Å². The summed E-state index contributed by atoms with van der Waals surface area (Å²) in [5.74, 6) is -0.191. The van der Waals surface area contributed by atoms with Crippen LogP contribution in [0.5, 0.6) is 0 Å². The van der Waals surface area contributed by atoms with Crippen molar-refractivity contribution in [1.29, 1.82) is 0 Å².